The first-order valence-corrected chi connectivity index (χ1v) is 6.88. The molecule has 0 bridgehead atoms. The molecule has 0 saturated carbocycles. The fourth-order valence-electron chi connectivity index (χ4n) is 2.67. The zero-order chi connectivity index (χ0) is 14.7. The lowest BCUT2D eigenvalue weighted by atomic mass is 10.1. The van der Waals surface area contributed by atoms with E-state index in [1.807, 2.05) is 12.1 Å². The van der Waals surface area contributed by atoms with E-state index < -0.39 is 0 Å². The number of amidine groups is 1. The molecule has 1 aliphatic heterocycles. The minimum atomic E-state index is 0.0481. The topological polar surface area (TPSA) is 78.0 Å². The quantitative estimate of drug-likeness (QED) is 0.368. The molecule has 2 atom stereocenters. The van der Waals surface area contributed by atoms with Gasteiger partial charge >= 0.3 is 0 Å². The molecule has 0 aromatic carbocycles. The van der Waals surface area contributed by atoms with Crippen molar-refractivity contribution in [2.24, 2.45) is 10.9 Å². The van der Waals surface area contributed by atoms with E-state index in [1.165, 1.54) is 0 Å². The molecule has 1 saturated heterocycles. The summed E-state index contributed by atoms with van der Waals surface area (Å²) in [5.41, 5.74) is 7.22. The predicted molar refractivity (Wildman–Crippen MR) is 78.7 cm³/mol. The number of oxime groups is 1. The minimum absolute atomic E-state index is 0.0481. The Hall–Kier alpha value is -1.66. The SMILES string of the molecule is CC1CN(Cc2ccnc(/C(N)=N/O)c2)CC(C)N1C. The summed E-state index contributed by atoms with van der Waals surface area (Å²) in [5.74, 6) is 0.0481. The Labute approximate surface area is 119 Å². The number of nitrogens with two attached hydrogens (primary N) is 1. The van der Waals surface area contributed by atoms with E-state index in [-0.39, 0.29) is 5.84 Å². The molecule has 2 heterocycles. The number of hydrogen-bond donors (Lipinski definition) is 2. The number of pyridine rings is 1. The molecule has 0 radical (unpaired) electrons. The average molecular weight is 277 g/mol. The zero-order valence-corrected chi connectivity index (χ0v) is 12.3. The van der Waals surface area contributed by atoms with E-state index in [2.05, 4.69) is 40.8 Å². The second kappa shape index (κ2) is 6.19. The maximum absolute atomic E-state index is 8.71. The van der Waals surface area contributed by atoms with E-state index >= 15 is 0 Å². The fourth-order valence-corrected chi connectivity index (χ4v) is 2.67. The summed E-state index contributed by atoms with van der Waals surface area (Å²) in [6.07, 6.45) is 1.70. The third-order valence-electron chi connectivity index (χ3n) is 4.04. The monoisotopic (exact) mass is 277 g/mol. The van der Waals surface area contributed by atoms with E-state index in [0.717, 1.165) is 25.2 Å². The maximum Gasteiger partial charge on any atom is 0.188 e. The summed E-state index contributed by atoms with van der Waals surface area (Å²) in [7, 11) is 2.18. The second-order valence-electron chi connectivity index (χ2n) is 5.59. The molecule has 3 N–H and O–H groups in total. The lowest BCUT2D eigenvalue weighted by Crippen LogP contribution is -2.54. The molecule has 6 heteroatoms. The Balaban J connectivity index is 2.07. The molecule has 0 aliphatic carbocycles. The van der Waals surface area contributed by atoms with Crippen LogP contribution in [0.2, 0.25) is 0 Å². The molecule has 1 aromatic rings. The van der Waals surface area contributed by atoms with Gasteiger partial charge in [-0.25, -0.2) is 0 Å². The van der Waals surface area contributed by atoms with Crippen LogP contribution in [0, 0.1) is 0 Å². The summed E-state index contributed by atoms with van der Waals surface area (Å²) < 4.78 is 0. The van der Waals surface area contributed by atoms with Gasteiger partial charge in [-0.05, 0) is 38.6 Å². The van der Waals surface area contributed by atoms with E-state index in [9.17, 15) is 0 Å². The Morgan fingerprint density at radius 2 is 2.10 bits per heavy atom. The number of nitrogens with zero attached hydrogens (tertiary/aromatic N) is 4. The summed E-state index contributed by atoms with van der Waals surface area (Å²) in [6, 6.07) is 4.94. The Morgan fingerprint density at radius 3 is 2.70 bits per heavy atom. The Bertz CT molecular complexity index is 478. The number of rotatable bonds is 3. The molecule has 1 fully saturated rings. The van der Waals surface area contributed by atoms with Gasteiger partial charge in [-0.1, -0.05) is 5.16 Å². The van der Waals surface area contributed by atoms with Crippen LogP contribution in [-0.4, -0.2) is 58.0 Å². The first-order valence-electron chi connectivity index (χ1n) is 6.88. The predicted octanol–water partition coefficient (Wildman–Crippen LogP) is 0.701. The van der Waals surface area contributed by atoms with Crippen LogP contribution in [0.5, 0.6) is 0 Å². The van der Waals surface area contributed by atoms with Crippen molar-refractivity contribution >= 4 is 5.84 Å². The fraction of sp³-hybridized carbons (Fsp3) is 0.571. The highest BCUT2D eigenvalue weighted by Crippen LogP contribution is 2.16. The van der Waals surface area contributed by atoms with E-state index in [4.69, 9.17) is 10.9 Å². The molecule has 1 aliphatic rings. The highest BCUT2D eigenvalue weighted by Gasteiger charge is 2.26. The number of piperazine rings is 1. The van der Waals surface area contributed by atoms with Gasteiger partial charge in [-0.15, -0.1) is 0 Å². The maximum atomic E-state index is 8.71. The zero-order valence-electron chi connectivity index (χ0n) is 12.3. The smallest absolute Gasteiger partial charge is 0.188 e. The van der Waals surface area contributed by atoms with Gasteiger partial charge in [0, 0.05) is 37.9 Å². The van der Waals surface area contributed by atoms with Crippen molar-refractivity contribution in [2.45, 2.75) is 32.5 Å². The van der Waals surface area contributed by atoms with Crippen LogP contribution in [0.3, 0.4) is 0 Å². The van der Waals surface area contributed by atoms with Gasteiger partial charge in [0.2, 0.25) is 0 Å². The van der Waals surface area contributed by atoms with Crippen molar-refractivity contribution < 1.29 is 5.21 Å². The molecule has 2 rings (SSSR count). The molecule has 1 aromatic heterocycles. The lowest BCUT2D eigenvalue weighted by Gasteiger charge is -2.42. The lowest BCUT2D eigenvalue weighted by molar-refractivity contribution is 0.0556. The van der Waals surface area contributed by atoms with Gasteiger partial charge in [-0.2, -0.15) is 0 Å². The van der Waals surface area contributed by atoms with Crippen LogP contribution in [0.1, 0.15) is 25.1 Å². The van der Waals surface area contributed by atoms with E-state index in [0.29, 0.717) is 17.8 Å². The highest BCUT2D eigenvalue weighted by molar-refractivity contribution is 5.95. The van der Waals surface area contributed by atoms with Crippen molar-refractivity contribution in [3.05, 3.63) is 29.6 Å². The molecule has 6 nitrogen and oxygen atoms in total. The minimum Gasteiger partial charge on any atom is -0.409 e. The summed E-state index contributed by atoms with van der Waals surface area (Å²) in [4.78, 5) is 8.94. The third-order valence-corrected chi connectivity index (χ3v) is 4.04. The van der Waals surface area contributed by atoms with Crippen LogP contribution >= 0.6 is 0 Å². The summed E-state index contributed by atoms with van der Waals surface area (Å²) in [6.45, 7) is 7.44. The van der Waals surface area contributed by atoms with Crippen LogP contribution in [0.15, 0.2) is 23.5 Å². The normalized spacial score (nSPS) is 25.9. The van der Waals surface area contributed by atoms with Gasteiger partial charge in [0.15, 0.2) is 5.84 Å². The molecule has 20 heavy (non-hydrogen) atoms. The molecule has 2 unspecified atom stereocenters. The van der Waals surface area contributed by atoms with E-state index in [1.54, 1.807) is 6.20 Å². The van der Waals surface area contributed by atoms with Gasteiger partial charge in [-0.3, -0.25) is 14.8 Å². The molecular formula is C14H23N5O. The number of likely N-dealkylation sites (N-methyl/N-ethyl adjacent to an activating group) is 1. The number of hydrogen-bond acceptors (Lipinski definition) is 5. The van der Waals surface area contributed by atoms with Crippen molar-refractivity contribution in [1.82, 2.24) is 14.8 Å². The first kappa shape index (κ1) is 14.7. The van der Waals surface area contributed by atoms with Crippen LogP contribution in [0.25, 0.3) is 0 Å². The van der Waals surface area contributed by atoms with Crippen molar-refractivity contribution in [3.63, 3.8) is 0 Å². The van der Waals surface area contributed by atoms with Crippen molar-refractivity contribution in [3.8, 4) is 0 Å². The highest BCUT2D eigenvalue weighted by atomic mass is 16.4. The summed E-state index contributed by atoms with van der Waals surface area (Å²) in [5, 5.41) is 11.7. The first-order chi connectivity index (χ1) is 9.51. The van der Waals surface area contributed by atoms with Gasteiger partial charge in [0.25, 0.3) is 0 Å². The molecule has 0 spiro atoms. The van der Waals surface area contributed by atoms with Gasteiger partial charge < -0.3 is 10.9 Å². The number of aromatic nitrogens is 1. The van der Waals surface area contributed by atoms with Gasteiger partial charge in [0.05, 0.1) is 0 Å². The van der Waals surface area contributed by atoms with Crippen LogP contribution < -0.4 is 5.73 Å². The van der Waals surface area contributed by atoms with Crippen molar-refractivity contribution in [1.29, 1.82) is 0 Å². The summed E-state index contributed by atoms with van der Waals surface area (Å²) >= 11 is 0. The van der Waals surface area contributed by atoms with Crippen LogP contribution in [-0.2, 0) is 6.54 Å². The molecule has 110 valence electrons. The largest absolute Gasteiger partial charge is 0.409 e. The molecule has 0 amide bonds. The average Bonchev–Trinajstić information content (AvgIpc) is 2.44. The Kier molecular flexibility index (Phi) is 4.57. The van der Waals surface area contributed by atoms with Gasteiger partial charge in [0.1, 0.15) is 5.69 Å². The molecular weight excluding hydrogens is 254 g/mol. The Morgan fingerprint density at radius 1 is 1.45 bits per heavy atom. The van der Waals surface area contributed by atoms with Crippen LogP contribution in [0.4, 0.5) is 0 Å². The standard InChI is InChI=1S/C14H23N5O/c1-10-7-19(8-11(2)18(10)3)9-12-4-5-16-13(6-12)14(15)17-20/h4-6,10-11,20H,7-9H2,1-3H3,(H2,15,17). The second-order valence-corrected chi connectivity index (χ2v) is 5.59. The van der Waals surface area contributed by atoms with Crippen molar-refractivity contribution in [2.75, 3.05) is 20.1 Å². The third kappa shape index (κ3) is 3.26.